The Labute approximate surface area is 232 Å². The molecule has 2 aromatic carbocycles. The summed E-state index contributed by atoms with van der Waals surface area (Å²) in [5, 5.41) is 3.01. The lowest BCUT2D eigenvalue weighted by molar-refractivity contribution is -0.137. The molecule has 0 spiro atoms. The van der Waals surface area contributed by atoms with Crippen molar-refractivity contribution in [1.29, 1.82) is 0 Å². The van der Waals surface area contributed by atoms with Crippen LogP contribution in [0.2, 0.25) is 0 Å². The van der Waals surface area contributed by atoms with Crippen LogP contribution >= 0.6 is 0 Å². The van der Waals surface area contributed by atoms with Crippen molar-refractivity contribution < 1.29 is 22.7 Å². The number of nitrogens with one attached hydrogen (secondary N) is 1. The highest BCUT2D eigenvalue weighted by atomic mass is 19.4. The van der Waals surface area contributed by atoms with Gasteiger partial charge in [-0.1, -0.05) is 30.3 Å². The Kier molecular flexibility index (Phi) is 8.39. The predicted molar refractivity (Wildman–Crippen MR) is 148 cm³/mol. The first kappa shape index (κ1) is 28.1. The van der Waals surface area contributed by atoms with Gasteiger partial charge < -0.3 is 20.7 Å². The average molecular weight is 554 g/mol. The van der Waals surface area contributed by atoms with E-state index in [9.17, 15) is 18.0 Å². The van der Waals surface area contributed by atoms with Crippen molar-refractivity contribution in [2.24, 2.45) is 5.73 Å². The molecule has 0 unspecified atom stereocenters. The lowest BCUT2D eigenvalue weighted by Crippen LogP contribution is -2.50. The van der Waals surface area contributed by atoms with Gasteiger partial charge in [-0.15, -0.1) is 0 Å². The van der Waals surface area contributed by atoms with E-state index in [0.29, 0.717) is 28.4 Å². The maximum absolute atomic E-state index is 13.3. The molecule has 1 aromatic heterocycles. The summed E-state index contributed by atoms with van der Waals surface area (Å²) >= 11 is 0. The highest BCUT2D eigenvalue weighted by Gasteiger charge is 2.31. The number of ether oxygens (including phenoxy) is 1. The van der Waals surface area contributed by atoms with Crippen LogP contribution < -0.4 is 16.0 Å². The molecule has 0 radical (unpaired) electrons. The van der Waals surface area contributed by atoms with Crippen LogP contribution in [0.3, 0.4) is 0 Å². The Hall–Kier alpha value is -3.47. The largest absolute Gasteiger partial charge is 0.416 e. The zero-order valence-corrected chi connectivity index (χ0v) is 22.5. The summed E-state index contributed by atoms with van der Waals surface area (Å²) in [7, 11) is 0. The number of aromatic nitrogens is 1. The summed E-state index contributed by atoms with van der Waals surface area (Å²) < 4.78 is 45.4. The maximum atomic E-state index is 13.3. The second kappa shape index (κ2) is 12.0. The predicted octanol–water partition coefficient (Wildman–Crippen LogP) is 4.63. The molecule has 0 bridgehead atoms. The Bertz CT molecular complexity index is 1320. The number of pyridine rings is 1. The van der Waals surface area contributed by atoms with E-state index in [0.717, 1.165) is 69.1 Å². The summed E-state index contributed by atoms with van der Waals surface area (Å²) in [5.41, 5.74) is 8.99. The number of nitrogens with two attached hydrogens (primary N) is 1. The third kappa shape index (κ3) is 6.46. The normalized spacial score (nSPS) is 18.7. The minimum atomic E-state index is -4.44. The van der Waals surface area contributed by atoms with Crippen LogP contribution in [-0.2, 0) is 17.5 Å². The van der Waals surface area contributed by atoms with Gasteiger partial charge in [-0.3, -0.25) is 14.7 Å². The molecule has 1 amide bonds. The van der Waals surface area contributed by atoms with Crippen LogP contribution in [0.15, 0.2) is 60.9 Å². The van der Waals surface area contributed by atoms with Crippen LogP contribution in [-0.4, -0.2) is 61.2 Å². The quantitative estimate of drug-likeness (QED) is 0.423. The van der Waals surface area contributed by atoms with E-state index in [1.807, 2.05) is 25.1 Å². The first-order chi connectivity index (χ1) is 19.2. The van der Waals surface area contributed by atoms with Gasteiger partial charge in [0.15, 0.2) is 0 Å². The van der Waals surface area contributed by atoms with Crippen LogP contribution in [0, 0.1) is 0 Å². The molecule has 2 saturated heterocycles. The smallest absolute Gasteiger partial charge is 0.377 e. The number of benzene rings is 2. The van der Waals surface area contributed by atoms with Crippen molar-refractivity contribution >= 4 is 11.6 Å². The fourth-order valence-corrected chi connectivity index (χ4v) is 5.14. The van der Waals surface area contributed by atoms with Crippen molar-refractivity contribution in [3.05, 3.63) is 83.2 Å². The summed E-state index contributed by atoms with van der Waals surface area (Å²) in [6.07, 6.45) is 0.400. The number of carbonyl (C=O) groups excluding carboxylic acids is 1. The number of hydrogen-bond acceptors (Lipinski definition) is 6. The van der Waals surface area contributed by atoms with E-state index in [1.54, 1.807) is 24.5 Å². The maximum Gasteiger partial charge on any atom is 0.416 e. The van der Waals surface area contributed by atoms with E-state index in [4.69, 9.17) is 10.5 Å². The fraction of sp³-hybridized carbons (Fsp3) is 0.400. The number of halogens is 3. The van der Waals surface area contributed by atoms with E-state index in [-0.39, 0.29) is 18.5 Å². The Morgan fingerprint density at radius 2 is 1.82 bits per heavy atom. The molecule has 0 saturated carbocycles. The van der Waals surface area contributed by atoms with Crippen molar-refractivity contribution in [2.75, 3.05) is 44.2 Å². The monoisotopic (exact) mass is 553 g/mol. The number of carbonyl (C=O) groups is 1. The summed E-state index contributed by atoms with van der Waals surface area (Å²) in [6, 6.07) is 12.3. The summed E-state index contributed by atoms with van der Waals surface area (Å²) in [4.78, 5) is 22.0. The minimum Gasteiger partial charge on any atom is -0.377 e. The van der Waals surface area contributed by atoms with Crippen LogP contribution in [0.5, 0.6) is 0 Å². The molecule has 40 heavy (non-hydrogen) atoms. The van der Waals surface area contributed by atoms with Gasteiger partial charge in [-0.05, 0) is 53.8 Å². The van der Waals surface area contributed by atoms with Gasteiger partial charge in [0.05, 0.1) is 35.2 Å². The zero-order valence-electron chi connectivity index (χ0n) is 22.5. The number of rotatable bonds is 8. The van der Waals surface area contributed by atoms with Gasteiger partial charge in [0.2, 0.25) is 0 Å². The third-order valence-corrected chi connectivity index (χ3v) is 7.71. The molecule has 0 aliphatic carbocycles. The van der Waals surface area contributed by atoms with Gasteiger partial charge in [0.25, 0.3) is 5.91 Å². The van der Waals surface area contributed by atoms with Crippen molar-refractivity contribution in [3.8, 4) is 11.1 Å². The lowest BCUT2D eigenvalue weighted by Gasteiger charge is -2.39. The molecule has 212 valence electrons. The number of amides is 1. The Morgan fingerprint density at radius 1 is 1.10 bits per heavy atom. The molecule has 10 heteroatoms. The van der Waals surface area contributed by atoms with Gasteiger partial charge in [-0.25, -0.2) is 0 Å². The number of nitrogens with zero attached hydrogens (tertiary/aromatic N) is 3. The molecule has 2 atom stereocenters. The van der Waals surface area contributed by atoms with Crippen molar-refractivity contribution in [3.63, 3.8) is 0 Å². The van der Waals surface area contributed by atoms with Gasteiger partial charge in [-0.2, -0.15) is 13.2 Å². The molecule has 2 fully saturated rings. The second-order valence-corrected chi connectivity index (χ2v) is 10.4. The molecular weight excluding hydrogens is 519 g/mol. The van der Waals surface area contributed by atoms with Crippen LogP contribution in [0.1, 0.15) is 46.4 Å². The first-order valence-electron chi connectivity index (χ1n) is 13.6. The number of hydrogen-bond donors (Lipinski definition) is 2. The highest BCUT2D eigenvalue weighted by molar-refractivity contribution is 5.95. The SMILES string of the molecule is C[C@@H](NC(=O)c1cncc(N2CCN(C[C@H]3CCO3)CC2)c1)c1ccc(-c2cc(C(F)(F)F)ccc2CN)cc1. The molecule has 3 N–H and O–H groups in total. The Morgan fingerprint density at radius 3 is 2.45 bits per heavy atom. The standard InChI is InChI=1S/C30H34F3N5O2/c1-20(21-2-4-22(5-3-21)28-15-25(30(31,32)33)7-6-23(28)16-34)36-29(39)24-14-26(18-35-17-24)38-11-9-37(10-12-38)19-27-8-13-40-27/h2-7,14-15,17-18,20,27H,8-13,16,19,34H2,1H3,(H,36,39)/t20-,27-/m1/s1. The number of anilines is 1. The van der Waals surface area contributed by atoms with E-state index < -0.39 is 11.7 Å². The number of alkyl halides is 3. The summed E-state index contributed by atoms with van der Waals surface area (Å²) in [6.45, 7) is 7.43. The minimum absolute atomic E-state index is 0.125. The van der Waals surface area contributed by atoms with Crippen molar-refractivity contribution in [2.45, 2.75) is 38.2 Å². The molecule has 3 heterocycles. The number of piperazine rings is 1. The van der Waals surface area contributed by atoms with E-state index >= 15 is 0 Å². The van der Waals surface area contributed by atoms with Crippen LogP contribution in [0.4, 0.5) is 18.9 Å². The van der Waals surface area contributed by atoms with Gasteiger partial charge in [0, 0.05) is 52.1 Å². The van der Waals surface area contributed by atoms with Crippen LogP contribution in [0.25, 0.3) is 11.1 Å². The highest BCUT2D eigenvalue weighted by Crippen LogP contribution is 2.34. The topological polar surface area (TPSA) is 83.7 Å². The van der Waals surface area contributed by atoms with E-state index in [1.165, 1.54) is 6.07 Å². The first-order valence-corrected chi connectivity index (χ1v) is 13.6. The molecule has 2 aliphatic heterocycles. The van der Waals surface area contributed by atoms with Gasteiger partial charge in [0.1, 0.15) is 0 Å². The average Bonchev–Trinajstić information content (AvgIpc) is 2.94. The molecule has 5 rings (SSSR count). The zero-order chi connectivity index (χ0) is 28.3. The van der Waals surface area contributed by atoms with Crippen molar-refractivity contribution in [1.82, 2.24) is 15.2 Å². The van der Waals surface area contributed by atoms with E-state index in [2.05, 4.69) is 20.1 Å². The molecule has 7 nitrogen and oxygen atoms in total. The molecular formula is C30H34F3N5O2. The lowest BCUT2D eigenvalue weighted by atomic mass is 9.95. The summed E-state index contributed by atoms with van der Waals surface area (Å²) in [5.74, 6) is -0.241. The molecule has 2 aliphatic rings. The second-order valence-electron chi connectivity index (χ2n) is 10.4. The molecule has 3 aromatic rings. The fourth-order valence-electron chi connectivity index (χ4n) is 5.14. The third-order valence-electron chi connectivity index (χ3n) is 7.71. The Balaban J connectivity index is 1.21. The van der Waals surface area contributed by atoms with Gasteiger partial charge >= 0.3 is 6.18 Å².